The number of aliphatic hydroxyl groups is 1. The van der Waals surface area contributed by atoms with Crippen LogP contribution in [0.25, 0.3) is 10.9 Å². The zero-order chi connectivity index (χ0) is 27.9. The van der Waals surface area contributed by atoms with E-state index in [2.05, 4.69) is 4.72 Å². The molecule has 0 aliphatic carbocycles. The van der Waals surface area contributed by atoms with Gasteiger partial charge in [0.2, 0.25) is 10.0 Å². The molecule has 3 aromatic carbocycles. The molecule has 0 aliphatic heterocycles. The minimum Gasteiger partial charge on any atom is -0.390 e. The van der Waals surface area contributed by atoms with E-state index in [0.29, 0.717) is 16.5 Å². The zero-order valence-electron chi connectivity index (χ0n) is 20.9. The predicted molar refractivity (Wildman–Crippen MR) is 143 cm³/mol. The van der Waals surface area contributed by atoms with Gasteiger partial charge in [-0.05, 0) is 63.1 Å². The van der Waals surface area contributed by atoms with Gasteiger partial charge in [0.25, 0.3) is 15.7 Å². The molecular weight excluding hydrogens is 530 g/mol. The number of sulfonamides is 1. The van der Waals surface area contributed by atoms with E-state index in [1.54, 1.807) is 36.4 Å². The van der Waals surface area contributed by atoms with Gasteiger partial charge in [0.1, 0.15) is 0 Å². The molecule has 0 spiro atoms. The lowest BCUT2D eigenvalue weighted by atomic mass is 9.93. The summed E-state index contributed by atoms with van der Waals surface area (Å²) in [5, 5.41) is 22.5. The van der Waals surface area contributed by atoms with Crippen molar-refractivity contribution in [3.63, 3.8) is 0 Å². The number of nitro groups is 1. The van der Waals surface area contributed by atoms with Crippen molar-refractivity contribution in [2.75, 3.05) is 0 Å². The Morgan fingerprint density at radius 1 is 0.974 bits per heavy atom. The molecule has 4 rings (SSSR count). The number of fused-ring (bicyclic) bond motifs is 1. The Balaban J connectivity index is 1.84. The third-order valence-corrected chi connectivity index (χ3v) is 9.26. The third-order valence-electron chi connectivity index (χ3n) is 6.04. The molecule has 0 fully saturated rings. The van der Waals surface area contributed by atoms with Crippen LogP contribution in [0.3, 0.4) is 0 Å². The summed E-state index contributed by atoms with van der Waals surface area (Å²) < 4.78 is 57.1. The Morgan fingerprint density at radius 3 is 2.26 bits per heavy atom. The van der Waals surface area contributed by atoms with Crippen molar-refractivity contribution in [2.45, 2.75) is 48.6 Å². The number of nitrogens with zero attached hydrogens (tertiary/aromatic N) is 2. The molecule has 1 atom stereocenters. The summed E-state index contributed by atoms with van der Waals surface area (Å²) >= 11 is 0. The highest BCUT2D eigenvalue weighted by molar-refractivity contribution is 7.90. The van der Waals surface area contributed by atoms with Crippen LogP contribution in [0.1, 0.15) is 37.4 Å². The van der Waals surface area contributed by atoms with E-state index in [0.717, 1.165) is 21.7 Å². The molecule has 12 heteroatoms. The Morgan fingerprint density at radius 2 is 1.63 bits per heavy atom. The van der Waals surface area contributed by atoms with Gasteiger partial charge in [-0.25, -0.2) is 25.5 Å². The van der Waals surface area contributed by atoms with Gasteiger partial charge in [0.05, 0.1) is 27.0 Å². The number of rotatable bonds is 9. The number of nitrogens with one attached hydrogen (secondary N) is 1. The minimum absolute atomic E-state index is 0.0936. The summed E-state index contributed by atoms with van der Waals surface area (Å²) in [6, 6.07) is 16.7. The summed E-state index contributed by atoms with van der Waals surface area (Å²) in [4.78, 5) is 10.3. The van der Waals surface area contributed by atoms with E-state index in [-0.39, 0.29) is 11.3 Å². The lowest BCUT2D eigenvalue weighted by molar-refractivity contribution is -0.387. The first-order chi connectivity index (χ1) is 17.7. The van der Waals surface area contributed by atoms with Crippen LogP contribution in [0.2, 0.25) is 0 Å². The first kappa shape index (κ1) is 27.5. The summed E-state index contributed by atoms with van der Waals surface area (Å²) in [5.41, 5.74) is -0.299. The van der Waals surface area contributed by atoms with Crippen molar-refractivity contribution in [3.8, 4) is 0 Å². The first-order valence-corrected chi connectivity index (χ1v) is 14.5. The quantitative estimate of drug-likeness (QED) is 0.230. The number of hydrogen-bond acceptors (Lipinski definition) is 7. The van der Waals surface area contributed by atoms with Crippen LogP contribution in [0.4, 0.5) is 5.69 Å². The normalized spacial score (nSPS) is 13.5. The van der Waals surface area contributed by atoms with Crippen molar-refractivity contribution in [3.05, 3.63) is 100 Å². The molecule has 38 heavy (non-hydrogen) atoms. The topological polar surface area (TPSA) is 149 Å². The van der Waals surface area contributed by atoms with Gasteiger partial charge in [-0.1, -0.05) is 42.0 Å². The van der Waals surface area contributed by atoms with Gasteiger partial charge in [-0.15, -0.1) is 0 Å². The zero-order valence-corrected chi connectivity index (χ0v) is 22.5. The second-order valence-corrected chi connectivity index (χ2v) is 13.1. The standard InChI is InChI=1S/C26H27N3O7S2/c1-18-11-13-19(14-12-18)38(35,36)28-16-15-21-20(7-6-9-23(21)28)22(17-26(2,3)30)27-37(33,34)25-10-5-4-8-24(25)29(31)32/h4-16,22,27,30H,17H2,1-3H3/t22-/m1/s1. The second kappa shape index (κ2) is 9.95. The fourth-order valence-electron chi connectivity index (χ4n) is 4.30. The maximum Gasteiger partial charge on any atom is 0.289 e. The molecule has 0 radical (unpaired) electrons. The second-order valence-electron chi connectivity index (χ2n) is 9.62. The van der Waals surface area contributed by atoms with E-state index in [9.17, 15) is 32.1 Å². The smallest absolute Gasteiger partial charge is 0.289 e. The highest BCUT2D eigenvalue weighted by atomic mass is 32.2. The maximum absolute atomic E-state index is 13.4. The lowest BCUT2D eigenvalue weighted by Crippen LogP contribution is -2.34. The fraction of sp³-hybridized carbons (Fsp3) is 0.231. The van der Waals surface area contributed by atoms with Gasteiger partial charge in [-0.3, -0.25) is 10.1 Å². The Hall–Kier alpha value is -3.58. The molecule has 0 bridgehead atoms. The number of aromatic nitrogens is 1. The summed E-state index contributed by atoms with van der Waals surface area (Å²) in [6.07, 6.45) is 1.29. The van der Waals surface area contributed by atoms with Gasteiger partial charge in [0.15, 0.2) is 4.90 Å². The van der Waals surface area contributed by atoms with Crippen molar-refractivity contribution in [1.29, 1.82) is 0 Å². The molecule has 10 nitrogen and oxygen atoms in total. The van der Waals surface area contributed by atoms with Gasteiger partial charge in [-0.2, -0.15) is 0 Å². The molecule has 1 aromatic heterocycles. The number of hydrogen-bond donors (Lipinski definition) is 2. The van der Waals surface area contributed by atoms with Crippen LogP contribution >= 0.6 is 0 Å². The molecular formula is C26H27N3O7S2. The molecule has 200 valence electrons. The van der Waals surface area contributed by atoms with Crippen LogP contribution in [0.15, 0.2) is 88.8 Å². The van der Waals surface area contributed by atoms with Crippen LogP contribution in [-0.4, -0.2) is 36.4 Å². The van der Waals surface area contributed by atoms with E-state index in [1.807, 2.05) is 6.92 Å². The van der Waals surface area contributed by atoms with Crippen LogP contribution in [-0.2, 0) is 20.0 Å². The third kappa shape index (κ3) is 5.48. The highest BCUT2D eigenvalue weighted by Crippen LogP contribution is 2.34. The number of nitro benzene ring substituents is 1. The van der Waals surface area contributed by atoms with Gasteiger partial charge < -0.3 is 5.11 Å². The molecule has 0 unspecified atom stereocenters. The molecule has 4 aromatic rings. The van der Waals surface area contributed by atoms with E-state index >= 15 is 0 Å². The van der Waals surface area contributed by atoms with Crippen molar-refractivity contribution in [2.24, 2.45) is 0 Å². The Labute approximate surface area is 220 Å². The molecule has 0 saturated heterocycles. The van der Waals surface area contributed by atoms with Gasteiger partial charge in [0, 0.05) is 17.6 Å². The average Bonchev–Trinajstić information content (AvgIpc) is 3.28. The largest absolute Gasteiger partial charge is 0.390 e. The molecule has 0 amide bonds. The Kier molecular flexibility index (Phi) is 7.19. The van der Waals surface area contributed by atoms with Crippen LogP contribution in [0, 0.1) is 17.0 Å². The van der Waals surface area contributed by atoms with Gasteiger partial charge >= 0.3 is 0 Å². The summed E-state index contributed by atoms with van der Waals surface area (Å²) in [7, 11) is -8.38. The fourth-order valence-corrected chi connectivity index (χ4v) is 7.04. The molecule has 0 aliphatic rings. The lowest BCUT2D eigenvalue weighted by Gasteiger charge is -2.26. The number of aryl methyl sites for hydroxylation is 1. The summed E-state index contributed by atoms with van der Waals surface area (Å²) in [6.45, 7) is 4.86. The highest BCUT2D eigenvalue weighted by Gasteiger charge is 2.32. The maximum atomic E-state index is 13.4. The minimum atomic E-state index is -4.42. The number of para-hydroxylation sites is 1. The average molecular weight is 558 g/mol. The molecule has 1 heterocycles. The van der Waals surface area contributed by atoms with E-state index in [1.165, 1.54) is 44.3 Å². The first-order valence-electron chi connectivity index (χ1n) is 11.6. The number of benzene rings is 3. The van der Waals surface area contributed by atoms with Crippen LogP contribution < -0.4 is 4.72 Å². The van der Waals surface area contributed by atoms with E-state index < -0.39 is 47.2 Å². The Bertz CT molecular complexity index is 1720. The molecule has 2 N–H and O–H groups in total. The van der Waals surface area contributed by atoms with Crippen molar-refractivity contribution < 1.29 is 26.9 Å². The van der Waals surface area contributed by atoms with E-state index in [4.69, 9.17) is 0 Å². The van der Waals surface area contributed by atoms with Crippen molar-refractivity contribution in [1.82, 2.24) is 8.69 Å². The van der Waals surface area contributed by atoms with Crippen LogP contribution in [0.5, 0.6) is 0 Å². The predicted octanol–water partition coefficient (Wildman–Crippen LogP) is 4.28. The SMILES string of the molecule is Cc1ccc(S(=O)(=O)n2ccc3c([C@@H](CC(C)(C)O)NS(=O)(=O)c4ccccc4[N+](=O)[O-])cccc32)cc1. The molecule has 0 saturated carbocycles. The van der Waals surface area contributed by atoms with Crippen molar-refractivity contribution >= 4 is 36.6 Å². The monoisotopic (exact) mass is 557 g/mol. The summed E-state index contributed by atoms with van der Waals surface area (Å²) in [5.74, 6) is 0.